The molecule has 0 N–H and O–H groups in total. The topological polar surface area (TPSA) is 63.2 Å². The molecule has 0 fully saturated rings. The van der Waals surface area contributed by atoms with Gasteiger partial charge in [0.15, 0.2) is 16.6 Å². The lowest BCUT2D eigenvalue weighted by Gasteiger charge is -2.44. The van der Waals surface area contributed by atoms with Gasteiger partial charge in [-0.15, -0.1) is 0 Å². The average Bonchev–Trinajstić information content (AvgIpc) is 2.78. The lowest BCUT2D eigenvalue weighted by Crippen LogP contribution is -2.51. The molecule has 8 heteroatoms. The van der Waals surface area contributed by atoms with Crippen molar-refractivity contribution in [1.29, 1.82) is 0 Å². The van der Waals surface area contributed by atoms with E-state index in [0.717, 1.165) is 17.6 Å². The monoisotopic (exact) mass is 540 g/mol. The summed E-state index contributed by atoms with van der Waals surface area (Å²) in [5, 5.41) is 0.0527. The van der Waals surface area contributed by atoms with Crippen LogP contribution in [0, 0.1) is 11.8 Å². The van der Waals surface area contributed by atoms with Crippen LogP contribution in [0.5, 0.6) is 5.75 Å². The summed E-state index contributed by atoms with van der Waals surface area (Å²) >= 11 is 0. The Labute approximate surface area is 222 Å². The Kier molecular flexibility index (Phi) is 13.0. The van der Waals surface area contributed by atoms with Gasteiger partial charge in [0, 0.05) is 25.4 Å². The minimum atomic E-state index is -2.11. The van der Waals surface area contributed by atoms with E-state index in [1.54, 1.807) is 14.2 Å². The molecule has 0 aliphatic heterocycles. The molecule has 0 aliphatic rings. The second-order valence-corrected chi connectivity index (χ2v) is 21.7. The number of aldehydes is 1. The molecule has 1 aromatic rings. The lowest BCUT2D eigenvalue weighted by molar-refractivity contribution is -0.115. The third-order valence-corrected chi connectivity index (χ3v) is 12.6. The number of ether oxygens (including phenoxy) is 3. The molecule has 208 valence electrons. The van der Waals surface area contributed by atoms with E-state index in [2.05, 4.69) is 60.4 Å². The summed E-state index contributed by atoms with van der Waals surface area (Å²) in [4.78, 5) is 11.9. The van der Waals surface area contributed by atoms with E-state index in [1.165, 1.54) is 0 Å². The summed E-state index contributed by atoms with van der Waals surface area (Å²) < 4.78 is 30.8. The van der Waals surface area contributed by atoms with Crippen LogP contribution in [0.2, 0.25) is 37.8 Å². The predicted octanol–water partition coefficient (Wildman–Crippen LogP) is 6.70. The highest BCUT2D eigenvalue weighted by Crippen LogP contribution is 2.40. The first-order valence-electron chi connectivity index (χ1n) is 13.1. The summed E-state index contributed by atoms with van der Waals surface area (Å²) in [6.45, 7) is 22.8. The van der Waals surface area contributed by atoms with Gasteiger partial charge in [-0.25, -0.2) is 0 Å². The van der Waals surface area contributed by atoms with Crippen molar-refractivity contribution in [1.82, 2.24) is 0 Å². The Balaban J connectivity index is 3.22. The highest BCUT2D eigenvalue weighted by molar-refractivity contribution is 6.74. The molecule has 0 saturated heterocycles. The van der Waals surface area contributed by atoms with Gasteiger partial charge in [0.1, 0.15) is 12.0 Å². The molecule has 0 bridgehead atoms. The van der Waals surface area contributed by atoms with Crippen molar-refractivity contribution >= 4 is 22.9 Å². The van der Waals surface area contributed by atoms with E-state index >= 15 is 0 Å². The van der Waals surface area contributed by atoms with Gasteiger partial charge in [-0.2, -0.15) is 0 Å². The molecule has 0 aromatic heterocycles. The zero-order valence-corrected chi connectivity index (χ0v) is 26.8. The number of carbonyl (C=O) groups is 1. The van der Waals surface area contributed by atoms with Crippen molar-refractivity contribution in [3.05, 3.63) is 29.8 Å². The molecule has 1 rings (SSSR count). The maximum atomic E-state index is 11.9. The van der Waals surface area contributed by atoms with Crippen LogP contribution in [0.4, 0.5) is 0 Å². The number of hydrogen-bond donors (Lipinski definition) is 0. The van der Waals surface area contributed by atoms with Gasteiger partial charge in [-0.1, -0.05) is 46.8 Å². The Morgan fingerprint density at radius 1 is 0.944 bits per heavy atom. The molecule has 0 heterocycles. The first-order valence-corrected chi connectivity index (χ1v) is 19.4. The Morgan fingerprint density at radius 3 is 1.97 bits per heavy atom. The number of methoxy groups -OCH3 is 2. The van der Waals surface area contributed by atoms with Gasteiger partial charge in [0.05, 0.1) is 38.6 Å². The number of benzene rings is 1. The fourth-order valence-electron chi connectivity index (χ4n) is 3.88. The molecule has 0 spiro atoms. The molecular formula is C28H52O6Si2. The first-order chi connectivity index (χ1) is 16.5. The summed E-state index contributed by atoms with van der Waals surface area (Å²) in [5.41, 5.74) is 1.07. The zero-order valence-electron chi connectivity index (χ0n) is 24.8. The van der Waals surface area contributed by atoms with Crippen molar-refractivity contribution in [2.75, 3.05) is 20.8 Å². The summed E-state index contributed by atoms with van der Waals surface area (Å²) in [7, 11) is -0.647. The molecule has 0 aliphatic carbocycles. The predicted molar refractivity (Wildman–Crippen MR) is 153 cm³/mol. The van der Waals surface area contributed by atoms with Crippen molar-refractivity contribution < 1.29 is 27.9 Å². The number of hydrogen-bond acceptors (Lipinski definition) is 6. The van der Waals surface area contributed by atoms with E-state index < -0.39 is 16.6 Å². The van der Waals surface area contributed by atoms with Crippen LogP contribution < -0.4 is 4.74 Å². The Hall–Kier alpha value is -1.04. The minimum Gasteiger partial charge on any atom is -0.497 e. The van der Waals surface area contributed by atoms with Gasteiger partial charge in [-0.3, -0.25) is 0 Å². The summed E-state index contributed by atoms with van der Waals surface area (Å²) in [6.07, 6.45) is 1.17. The van der Waals surface area contributed by atoms with Crippen LogP contribution in [0.1, 0.15) is 46.6 Å². The quantitative estimate of drug-likeness (QED) is 0.172. The van der Waals surface area contributed by atoms with Crippen molar-refractivity contribution in [3.63, 3.8) is 0 Å². The lowest BCUT2D eigenvalue weighted by atomic mass is 9.88. The molecule has 36 heavy (non-hydrogen) atoms. The van der Waals surface area contributed by atoms with Gasteiger partial charge >= 0.3 is 0 Å². The number of carbonyl (C=O) groups excluding carboxylic acids is 1. The van der Waals surface area contributed by atoms with Crippen LogP contribution in [-0.2, 0) is 29.7 Å². The highest BCUT2D eigenvalue weighted by Gasteiger charge is 2.43. The van der Waals surface area contributed by atoms with Gasteiger partial charge in [-0.05, 0) is 55.5 Å². The van der Waals surface area contributed by atoms with E-state index in [1.807, 2.05) is 31.2 Å². The molecule has 0 radical (unpaired) electrons. The maximum Gasteiger partial charge on any atom is 0.192 e. The van der Waals surface area contributed by atoms with Gasteiger partial charge < -0.3 is 27.9 Å². The average molecular weight is 541 g/mol. The molecule has 0 amide bonds. The Morgan fingerprint density at radius 2 is 1.53 bits per heavy atom. The standard InChI is InChI=1S/C28H52O6Si2/c1-21(18-29)27(34-35(8,9)10)22(2)26(33-36(11,12)28(3,4)5)17-25(20-30-6)32-19-23-13-15-24(31-7)16-14-23/h13-16,18,21-22,25-27H,17,19-20H2,1-12H3/t21-,22-,25+,26+,27+/m0/s1. The SMILES string of the molecule is COC[C@@H](C[C@@H](O[Si](C)(C)C(C)(C)C)[C@H](C)[C@H](O[Si](C)(C)C)[C@@H](C)C=O)OCc1ccc(OC)cc1. The van der Waals surface area contributed by atoms with E-state index in [4.69, 9.17) is 23.1 Å². The highest BCUT2D eigenvalue weighted by atomic mass is 28.4. The smallest absolute Gasteiger partial charge is 0.192 e. The van der Waals surface area contributed by atoms with Gasteiger partial charge in [0.25, 0.3) is 0 Å². The van der Waals surface area contributed by atoms with E-state index in [-0.39, 0.29) is 35.2 Å². The van der Waals surface area contributed by atoms with E-state index in [9.17, 15) is 4.79 Å². The van der Waals surface area contributed by atoms with Crippen molar-refractivity contribution in [3.8, 4) is 5.75 Å². The number of rotatable bonds is 16. The molecule has 1 aromatic carbocycles. The summed E-state index contributed by atoms with van der Waals surface area (Å²) in [6, 6.07) is 7.90. The van der Waals surface area contributed by atoms with Crippen molar-refractivity contribution in [2.24, 2.45) is 11.8 Å². The third kappa shape index (κ3) is 10.8. The fourth-order valence-corrected chi connectivity index (χ4v) is 6.55. The van der Waals surface area contributed by atoms with Crippen LogP contribution in [0.15, 0.2) is 24.3 Å². The maximum absolute atomic E-state index is 11.9. The third-order valence-electron chi connectivity index (χ3n) is 7.07. The normalized spacial score (nSPS) is 17.2. The minimum absolute atomic E-state index is 0.00925. The molecular weight excluding hydrogens is 488 g/mol. The van der Waals surface area contributed by atoms with Crippen LogP contribution in [-0.4, -0.2) is 62.1 Å². The molecule has 6 nitrogen and oxygen atoms in total. The van der Waals surface area contributed by atoms with E-state index in [0.29, 0.717) is 19.6 Å². The zero-order chi connectivity index (χ0) is 27.7. The largest absolute Gasteiger partial charge is 0.497 e. The molecule has 5 atom stereocenters. The second kappa shape index (κ2) is 14.2. The van der Waals surface area contributed by atoms with Crippen molar-refractivity contribution in [2.45, 2.75) is 104 Å². The van der Waals surface area contributed by atoms with Crippen LogP contribution >= 0.6 is 0 Å². The van der Waals surface area contributed by atoms with Crippen LogP contribution in [0.25, 0.3) is 0 Å². The summed E-state index contributed by atoms with van der Waals surface area (Å²) in [5.74, 6) is 0.606. The molecule has 0 unspecified atom stereocenters. The second-order valence-electron chi connectivity index (χ2n) is 12.4. The first kappa shape index (κ1) is 33.0. The fraction of sp³-hybridized carbons (Fsp3) is 0.750. The van der Waals surface area contributed by atoms with Crippen LogP contribution in [0.3, 0.4) is 0 Å². The Bertz CT molecular complexity index is 770. The molecule has 0 saturated carbocycles. The van der Waals surface area contributed by atoms with Gasteiger partial charge in [0.2, 0.25) is 0 Å².